The van der Waals surface area contributed by atoms with Gasteiger partial charge in [0.25, 0.3) is 0 Å². The van der Waals surface area contributed by atoms with Crippen molar-refractivity contribution in [3.63, 3.8) is 0 Å². The van der Waals surface area contributed by atoms with Crippen LogP contribution in [-0.2, 0) is 14.6 Å². The lowest BCUT2D eigenvalue weighted by Gasteiger charge is -2.16. The molecular weight excluding hydrogens is 359 g/mol. The van der Waals surface area contributed by atoms with Gasteiger partial charge in [-0.15, -0.1) is 0 Å². The highest BCUT2D eigenvalue weighted by molar-refractivity contribution is 7.94. The number of aromatic nitrogens is 1. The maximum Gasteiger partial charge on any atom is 0.247 e. The summed E-state index contributed by atoms with van der Waals surface area (Å²) in [6.45, 7) is 0. The molecule has 0 saturated heterocycles. The molecule has 0 spiro atoms. The molecule has 1 fully saturated rings. The standard InChI is InChI=1S/C15H12Cl2N2O3S/c16-10-1-4-12(5-2-10)23(21,22)15(7-8-15)14(20)19-13-6-3-11(17)9-18-13/h1-6,9H,7-8H2,(H,18,19,20). The number of rotatable bonds is 4. The summed E-state index contributed by atoms with van der Waals surface area (Å²) in [5, 5.41) is 3.41. The molecule has 1 aliphatic rings. The van der Waals surface area contributed by atoms with Crippen LogP contribution in [0.1, 0.15) is 12.8 Å². The molecule has 1 aliphatic carbocycles. The highest BCUT2D eigenvalue weighted by Gasteiger charge is 2.61. The number of carbonyl (C=O) groups excluding carboxylic acids is 1. The summed E-state index contributed by atoms with van der Waals surface area (Å²) in [7, 11) is -3.80. The molecule has 1 N–H and O–H groups in total. The van der Waals surface area contributed by atoms with E-state index in [9.17, 15) is 13.2 Å². The van der Waals surface area contributed by atoms with E-state index in [1.165, 1.54) is 36.5 Å². The second kappa shape index (κ2) is 5.78. The minimum atomic E-state index is -3.80. The number of nitrogens with one attached hydrogen (secondary N) is 1. The molecule has 1 saturated carbocycles. The zero-order valence-electron chi connectivity index (χ0n) is 11.8. The first kappa shape index (κ1) is 16.2. The number of amides is 1. The van der Waals surface area contributed by atoms with Gasteiger partial charge in [0.15, 0.2) is 14.6 Å². The zero-order chi connectivity index (χ0) is 16.7. The number of benzene rings is 1. The van der Waals surface area contributed by atoms with Gasteiger partial charge in [-0.2, -0.15) is 0 Å². The quantitative estimate of drug-likeness (QED) is 0.895. The van der Waals surface area contributed by atoms with Gasteiger partial charge in [-0.3, -0.25) is 4.79 Å². The lowest BCUT2D eigenvalue weighted by atomic mass is 10.3. The van der Waals surface area contributed by atoms with Gasteiger partial charge in [0.05, 0.1) is 9.92 Å². The Morgan fingerprint density at radius 3 is 2.17 bits per heavy atom. The Labute approximate surface area is 143 Å². The van der Waals surface area contributed by atoms with Crippen molar-refractivity contribution in [2.45, 2.75) is 22.5 Å². The van der Waals surface area contributed by atoms with E-state index in [0.717, 1.165) is 0 Å². The Hall–Kier alpha value is -1.63. The van der Waals surface area contributed by atoms with Crippen LogP contribution in [0.15, 0.2) is 47.5 Å². The fourth-order valence-electron chi connectivity index (χ4n) is 2.25. The van der Waals surface area contributed by atoms with Crippen LogP contribution in [0.2, 0.25) is 10.0 Å². The van der Waals surface area contributed by atoms with Gasteiger partial charge in [0.2, 0.25) is 5.91 Å². The first-order chi connectivity index (χ1) is 10.8. The molecule has 1 aromatic carbocycles. The van der Waals surface area contributed by atoms with E-state index in [0.29, 0.717) is 10.0 Å². The molecule has 2 aromatic rings. The van der Waals surface area contributed by atoms with Crippen molar-refractivity contribution in [1.82, 2.24) is 4.98 Å². The minimum absolute atomic E-state index is 0.0821. The second-order valence-corrected chi connectivity index (χ2v) is 8.40. The Bertz CT molecular complexity index is 845. The highest BCUT2D eigenvalue weighted by Crippen LogP contribution is 2.47. The molecule has 1 heterocycles. The van der Waals surface area contributed by atoms with Crippen LogP contribution in [0.3, 0.4) is 0 Å². The van der Waals surface area contributed by atoms with Crippen LogP contribution in [-0.4, -0.2) is 24.1 Å². The maximum atomic E-state index is 12.8. The number of nitrogens with zero attached hydrogens (tertiary/aromatic N) is 1. The van der Waals surface area contributed by atoms with Gasteiger partial charge in [0.1, 0.15) is 5.82 Å². The van der Waals surface area contributed by atoms with E-state index in [1.54, 1.807) is 6.07 Å². The summed E-state index contributed by atoms with van der Waals surface area (Å²) in [6, 6.07) is 8.88. The smallest absolute Gasteiger partial charge is 0.247 e. The Kier molecular flexibility index (Phi) is 4.08. The third kappa shape index (κ3) is 2.94. The van der Waals surface area contributed by atoms with Crippen LogP contribution in [0.5, 0.6) is 0 Å². The van der Waals surface area contributed by atoms with Gasteiger partial charge < -0.3 is 5.32 Å². The van der Waals surface area contributed by atoms with Crippen LogP contribution in [0.4, 0.5) is 5.82 Å². The van der Waals surface area contributed by atoms with Crippen LogP contribution in [0.25, 0.3) is 0 Å². The van der Waals surface area contributed by atoms with Crippen LogP contribution in [0, 0.1) is 0 Å². The number of pyridine rings is 1. The van der Waals surface area contributed by atoms with E-state index in [4.69, 9.17) is 23.2 Å². The van der Waals surface area contributed by atoms with Gasteiger partial charge in [-0.25, -0.2) is 13.4 Å². The van der Waals surface area contributed by atoms with Crippen molar-refractivity contribution in [3.05, 3.63) is 52.6 Å². The van der Waals surface area contributed by atoms with E-state index < -0.39 is 20.5 Å². The SMILES string of the molecule is O=C(Nc1ccc(Cl)cn1)C1(S(=O)(=O)c2ccc(Cl)cc2)CC1. The number of hydrogen-bond acceptors (Lipinski definition) is 4. The van der Waals surface area contributed by atoms with E-state index in [1.807, 2.05) is 0 Å². The number of anilines is 1. The van der Waals surface area contributed by atoms with Crippen molar-refractivity contribution >= 4 is 44.8 Å². The Balaban J connectivity index is 1.87. The molecule has 120 valence electrons. The lowest BCUT2D eigenvalue weighted by Crippen LogP contribution is -2.37. The summed E-state index contributed by atoms with van der Waals surface area (Å²) in [6.07, 6.45) is 1.93. The number of carbonyl (C=O) groups is 1. The molecular formula is C15H12Cl2N2O3S. The molecule has 0 radical (unpaired) electrons. The first-order valence-corrected chi connectivity index (χ1v) is 9.02. The monoisotopic (exact) mass is 370 g/mol. The van der Waals surface area contributed by atoms with Crippen LogP contribution >= 0.6 is 23.2 Å². The van der Waals surface area contributed by atoms with Crippen molar-refractivity contribution in [2.24, 2.45) is 0 Å². The van der Waals surface area contributed by atoms with Gasteiger partial charge in [-0.1, -0.05) is 23.2 Å². The normalized spacial score (nSPS) is 15.9. The highest BCUT2D eigenvalue weighted by atomic mass is 35.5. The fraction of sp³-hybridized carbons (Fsp3) is 0.200. The van der Waals surface area contributed by atoms with E-state index in [2.05, 4.69) is 10.3 Å². The van der Waals surface area contributed by atoms with Crippen molar-refractivity contribution in [1.29, 1.82) is 0 Å². The third-order valence-electron chi connectivity index (χ3n) is 3.73. The van der Waals surface area contributed by atoms with E-state index >= 15 is 0 Å². The number of sulfone groups is 1. The zero-order valence-corrected chi connectivity index (χ0v) is 14.1. The molecule has 0 unspecified atom stereocenters. The average Bonchev–Trinajstić information content (AvgIpc) is 3.32. The van der Waals surface area contributed by atoms with E-state index in [-0.39, 0.29) is 23.6 Å². The molecule has 1 amide bonds. The van der Waals surface area contributed by atoms with Crippen molar-refractivity contribution in [2.75, 3.05) is 5.32 Å². The molecule has 0 bridgehead atoms. The first-order valence-electron chi connectivity index (χ1n) is 6.78. The fourth-order valence-corrected chi connectivity index (χ4v) is 4.37. The topological polar surface area (TPSA) is 76.1 Å². The minimum Gasteiger partial charge on any atom is -0.309 e. The average molecular weight is 371 g/mol. The molecule has 23 heavy (non-hydrogen) atoms. The van der Waals surface area contributed by atoms with Crippen molar-refractivity contribution < 1.29 is 13.2 Å². The summed E-state index contributed by atoms with van der Waals surface area (Å²) in [5.74, 6) is -0.320. The third-order valence-corrected chi connectivity index (χ3v) is 6.72. The number of halogens is 2. The molecule has 0 aliphatic heterocycles. The second-order valence-electron chi connectivity index (χ2n) is 5.27. The van der Waals surface area contributed by atoms with Crippen LogP contribution < -0.4 is 5.32 Å². The van der Waals surface area contributed by atoms with Gasteiger partial charge >= 0.3 is 0 Å². The Morgan fingerprint density at radius 2 is 1.65 bits per heavy atom. The summed E-state index contributed by atoms with van der Waals surface area (Å²) < 4.78 is 24.1. The summed E-state index contributed by atoms with van der Waals surface area (Å²) in [4.78, 5) is 16.5. The molecule has 5 nitrogen and oxygen atoms in total. The lowest BCUT2D eigenvalue weighted by molar-refractivity contribution is -0.116. The molecule has 0 atom stereocenters. The largest absolute Gasteiger partial charge is 0.309 e. The van der Waals surface area contributed by atoms with Crippen molar-refractivity contribution in [3.8, 4) is 0 Å². The predicted molar refractivity (Wildman–Crippen MR) is 88.5 cm³/mol. The summed E-state index contributed by atoms with van der Waals surface area (Å²) in [5.41, 5.74) is 0. The maximum absolute atomic E-state index is 12.8. The van der Waals surface area contributed by atoms with Gasteiger partial charge in [-0.05, 0) is 49.2 Å². The number of hydrogen-bond donors (Lipinski definition) is 1. The summed E-state index contributed by atoms with van der Waals surface area (Å²) >= 11 is 11.5. The van der Waals surface area contributed by atoms with Gasteiger partial charge in [0, 0.05) is 11.2 Å². The molecule has 8 heteroatoms. The molecule has 3 rings (SSSR count). The molecule has 1 aromatic heterocycles. The Morgan fingerprint density at radius 1 is 1.04 bits per heavy atom. The predicted octanol–water partition coefficient (Wildman–Crippen LogP) is 3.33.